The molecule has 0 radical (unpaired) electrons. The van der Waals surface area contributed by atoms with Crippen molar-refractivity contribution >= 4 is 28.1 Å². The maximum atomic E-state index is 13.1. The number of nitrogens with one attached hydrogen (secondary N) is 1. The number of thiophene rings is 1. The lowest BCUT2D eigenvalue weighted by molar-refractivity contribution is 0.0953. The van der Waals surface area contributed by atoms with Crippen LogP contribution in [0.1, 0.15) is 15.2 Å². The number of aromatic nitrogens is 1. The van der Waals surface area contributed by atoms with E-state index < -0.39 is 0 Å². The normalized spacial score (nSPS) is 12.2. The van der Waals surface area contributed by atoms with Gasteiger partial charge in [0, 0.05) is 15.8 Å². The molecule has 0 atom stereocenters. The number of hydrogen-bond donors (Lipinski definition) is 1. The van der Waals surface area contributed by atoms with Gasteiger partial charge in [0.1, 0.15) is 5.75 Å². The summed E-state index contributed by atoms with van der Waals surface area (Å²) in [6.45, 7) is 0.684. The summed E-state index contributed by atoms with van der Waals surface area (Å²) in [6, 6.07) is 17.0. The van der Waals surface area contributed by atoms with Gasteiger partial charge in [-0.05, 0) is 53.9 Å². The molecule has 7 heteroatoms. The number of amides is 1. The molecule has 150 valence electrons. The van der Waals surface area contributed by atoms with Gasteiger partial charge >= 0.3 is 0 Å². The van der Waals surface area contributed by atoms with Gasteiger partial charge in [0.2, 0.25) is 6.79 Å². The molecule has 6 nitrogen and oxygen atoms in total. The molecule has 1 aliphatic rings. The van der Waals surface area contributed by atoms with Crippen molar-refractivity contribution < 1.29 is 19.0 Å². The molecule has 0 unspecified atom stereocenters. The summed E-state index contributed by atoms with van der Waals surface area (Å²) in [7, 11) is 1.60. The van der Waals surface area contributed by atoms with Crippen LogP contribution in [-0.2, 0) is 6.54 Å². The highest BCUT2D eigenvalue weighted by molar-refractivity contribution is 7.09. The molecule has 1 aliphatic heterocycles. The van der Waals surface area contributed by atoms with Crippen LogP contribution in [0.25, 0.3) is 22.2 Å². The first-order chi connectivity index (χ1) is 14.7. The molecule has 0 aliphatic carbocycles. The largest absolute Gasteiger partial charge is 0.497 e. The second-order valence-corrected chi connectivity index (χ2v) is 7.80. The van der Waals surface area contributed by atoms with Crippen molar-refractivity contribution in [3.63, 3.8) is 0 Å². The minimum Gasteiger partial charge on any atom is -0.497 e. The molecule has 0 spiro atoms. The number of hydrogen-bond acceptors (Lipinski definition) is 6. The molecular formula is C23H18N2O4S. The van der Waals surface area contributed by atoms with Crippen molar-refractivity contribution in [3.8, 4) is 28.5 Å². The van der Waals surface area contributed by atoms with Crippen LogP contribution in [0.5, 0.6) is 17.2 Å². The Balaban J connectivity index is 1.58. The van der Waals surface area contributed by atoms with E-state index in [0.29, 0.717) is 40.6 Å². The number of nitrogens with zero attached hydrogens (tertiary/aromatic N) is 1. The molecule has 0 saturated carbocycles. The molecule has 5 rings (SSSR count). The first-order valence-electron chi connectivity index (χ1n) is 9.41. The number of carbonyl (C=O) groups is 1. The fraction of sp³-hybridized carbons (Fsp3) is 0.130. The van der Waals surface area contributed by atoms with Gasteiger partial charge in [0.15, 0.2) is 11.5 Å². The van der Waals surface area contributed by atoms with Crippen molar-refractivity contribution in [2.45, 2.75) is 6.54 Å². The summed E-state index contributed by atoms with van der Waals surface area (Å²) in [5.74, 6) is 1.89. The van der Waals surface area contributed by atoms with Gasteiger partial charge < -0.3 is 19.5 Å². The number of carbonyl (C=O) groups excluding carboxylic acids is 1. The van der Waals surface area contributed by atoms with Crippen LogP contribution in [-0.4, -0.2) is 24.8 Å². The third-order valence-corrected chi connectivity index (χ3v) is 5.81. The molecule has 1 N–H and O–H groups in total. The summed E-state index contributed by atoms with van der Waals surface area (Å²) in [6.07, 6.45) is 0. The molecule has 0 fully saturated rings. The first-order valence-corrected chi connectivity index (χ1v) is 10.3. The second-order valence-electron chi connectivity index (χ2n) is 6.77. The highest BCUT2D eigenvalue weighted by Gasteiger charge is 2.18. The zero-order chi connectivity index (χ0) is 20.5. The summed E-state index contributed by atoms with van der Waals surface area (Å²) < 4.78 is 16.2. The average molecular weight is 418 g/mol. The highest BCUT2D eigenvalue weighted by atomic mass is 32.1. The Morgan fingerprint density at radius 1 is 1.13 bits per heavy atom. The first kappa shape index (κ1) is 18.4. The van der Waals surface area contributed by atoms with Gasteiger partial charge in [-0.3, -0.25) is 4.79 Å². The van der Waals surface area contributed by atoms with Crippen molar-refractivity contribution in [2.75, 3.05) is 13.9 Å². The lowest BCUT2D eigenvalue weighted by Gasteiger charge is -2.12. The van der Waals surface area contributed by atoms with Crippen LogP contribution in [0.2, 0.25) is 0 Å². The van der Waals surface area contributed by atoms with E-state index in [0.717, 1.165) is 15.8 Å². The molecule has 3 heterocycles. The molecule has 2 aromatic carbocycles. The van der Waals surface area contributed by atoms with Crippen molar-refractivity contribution in [1.82, 2.24) is 10.3 Å². The quantitative estimate of drug-likeness (QED) is 0.512. The number of benzene rings is 2. The summed E-state index contributed by atoms with van der Waals surface area (Å²) in [5, 5.41) is 5.74. The van der Waals surface area contributed by atoms with E-state index in [9.17, 15) is 4.79 Å². The number of ether oxygens (including phenoxy) is 3. The van der Waals surface area contributed by atoms with Gasteiger partial charge in [-0.2, -0.15) is 0 Å². The van der Waals surface area contributed by atoms with E-state index >= 15 is 0 Å². The molecular weight excluding hydrogens is 400 g/mol. The van der Waals surface area contributed by atoms with Gasteiger partial charge in [-0.25, -0.2) is 4.98 Å². The van der Waals surface area contributed by atoms with Gasteiger partial charge in [-0.1, -0.05) is 6.07 Å². The maximum Gasteiger partial charge on any atom is 0.252 e. The molecule has 0 bridgehead atoms. The second kappa shape index (κ2) is 7.68. The minimum atomic E-state index is -0.161. The zero-order valence-corrected chi connectivity index (χ0v) is 17.0. The van der Waals surface area contributed by atoms with E-state index in [-0.39, 0.29) is 12.7 Å². The van der Waals surface area contributed by atoms with Crippen molar-refractivity contribution in [1.29, 1.82) is 0 Å². The van der Waals surface area contributed by atoms with Crippen molar-refractivity contribution in [3.05, 3.63) is 70.4 Å². The Morgan fingerprint density at radius 3 is 2.87 bits per heavy atom. The molecule has 2 aromatic heterocycles. The summed E-state index contributed by atoms with van der Waals surface area (Å²) >= 11 is 1.61. The summed E-state index contributed by atoms with van der Waals surface area (Å²) in [5.41, 5.74) is 2.80. The van der Waals surface area contributed by atoms with Gasteiger partial charge in [0.05, 0.1) is 30.4 Å². The smallest absolute Gasteiger partial charge is 0.252 e. The zero-order valence-electron chi connectivity index (χ0n) is 16.2. The third-order valence-electron chi connectivity index (χ3n) is 4.93. The van der Waals surface area contributed by atoms with Crippen LogP contribution >= 0.6 is 11.3 Å². The van der Waals surface area contributed by atoms with Crippen LogP contribution in [0, 0.1) is 0 Å². The van der Waals surface area contributed by atoms with Gasteiger partial charge in [-0.15, -0.1) is 11.3 Å². The lowest BCUT2D eigenvalue weighted by Crippen LogP contribution is -2.22. The average Bonchev–Trinajstić information content (AvgIpc) is 3.47. The molecule has 4 aromatic rings. The fourth-order valence-electron chi connectivity index (χ4n) is 3.40. The Morgan fingerprint density at radius 2 is 2.03 bits per heavy atom. The number of pyridine rings is 1. The van der Waals surface area contributed by atoms with Crippen molar-refractivity contribution in [2.24, 2.45) is 0 Å². The maximum absolute atomic E-state index is 13.1. The molecule has 1 amide bonds. The predicted molar refractivity (Wildman–Crippen MR) is 115 cm³/mol. The van der Waals surface area contributed by atoms with E-state index in [1.807, 2.05) is 60.0 Å². The number of fused-ring (bicyclic) bond motifs is 2. The van der Waals surface area contributed by atoms with Crippen LogP contribution in [0.15, 0.2) is 60.0 Å². The van der Waals surface area contributed by atoms with E-state index in [2.05, 4.69) is 5.32 Å². The Hall–Kier alpha value is -3.58. The Kier molecular flexibility index (Phi) is 4.72. The molecule has 30 heavy (non-hydrogen) atoms. The van der Waals surface area contributed by atoms with E-state index in [4.69, 9.17) is 19.2 Å². The topological polar surface area (TPSA) is 69.7 Å². The SMILES string of the molecule is COc1ccc2nc(-c3ccc4c(c3)OCO4)cc(C(=O)NCc3cccs3)c2c1. The minimum absolute atomic E-state index is 0.161. The van der Waals surface area contributed by atoms with Crippen LogP contribution in [0.4, 0.5) is 0 Å². The fourth-order valence-corrected chi connectivity index (χ4v) is 4.04. The standard InChI is InChI=1S/C23H18N2O4S/c1-27-15-5-6-19-17(10-15)18(23(26)24-12-16-3-2-8-30-16)11-20(25-19)14-4-7-21-22(9-14)29-13-28-21/h2-11H,12-13H2,1H3,(H,24,26). The lowest BCUT2D eigenvalue weighted by atomic mass is 10.0. The van der Waals surface area contributed by atoms with E-state index in [1.54, 1.807) is 18.4 Å². The van der Waals surface area contributed by atoms with Crippen LogP contribution in [0.3, 0.4) is 0 Å². The van der Waals surface area contributed by atoms with Crippen LogP contribution < -0.4 is 19.5 Å². The van der Waals surface area contributed by atoms with E-state index in [1.165, 1.54) is 0 Å². The third kappa shape index (κ3) is 3.44. The number of rotatable bonds is 5. The van der Waals surface area contributed by atoms with Gasteiger partial charge in [0.25, 0.3) is 5.91 Å². The molecule has 0 saturated heterocycles. The summed E-state index contributed by atoms with van der Waals surface area (Å²) in [4.78, 5) is 19.0. The monoisotopic (exact) mass is 418 g/mol. The highest BCUT2D eigenvalue weighted by Crippen LogP contribution is 2.36. The Labute approximate surface area is 177 Å². The number of methoxy groups -OCH3 is 1. The predicted octanol–water partition coefficient (Wildman–Crippen LogP) is 4.63. The Bertz CT molecular complexity index is 1240.